The van der Waals surface area contributed by atoms with Crippen LogP contribution in [-0.2, 0) is 19.0 Å². The van der Waals surface area contributed by atoms with E-state index < -0.39 is 23.9 Å². The van der Waals surface area contributed by atoms with E-state index in [9.17, 15) is 14.7 Å². The van der Waals surface area contributed by atoms with Crippen LogP contribution in [0.15, 0.2) is 36.0 Å². The summed E-state index contributed by atoms with van der Waals surface area (Å²) in [4.78, 5) is 24.1. The lowest BCUT2D eigenvalue weighted by molar-refractivity contribution is -0.194. The third-order valence-electron chi connectivity index (χ3n) is 3.81. The van der Waals surface area contributed by atoms with Crippen molar-refractivity contribution in [3.05, 3.63) is 41.6 Å². The van der Waals surface area contributed by atoms with Gasteiger partial charge in [-0.05, 0) is 12.1 Å². The Morgan fingerprint density at radius 2 is 2.00 bits per heavy atom. The molecule has 0 bridgehead atoms. The van der Waals surface area contributed by atoms with Crippen LogP contribution in [0.5, 0.6) is 5.75 Å². The van der Waals surface area contributed by atoms with Crippen molar-refractivity contribution in [2.75, 3.05) is 14.2 Å². The molecular formula is C15H15NO6. The summed E-state index contributed by atoms with van der Waals surface area (Å²) in [5.41, 5.74) is 0.227. The Hall–Kier alpha value is -2.22. The number of carbonyl (C=O) groups is 2. The lowest BCUT2D eigenvalue weighted by atomic mass is 9.96. The number of hydrogen-bond acceptors (Lipinski definition) is 6. The first kappa shape index (κ1) is 14.7. The van der Waals surface area contributed by atoms with Crippen LogP contribution >= 0.6 is 0 Å². The summed E-state index contributed by atoms with van der Waals surface area (Å²) in [5, 5.41) is 12.3. The van der Waals surface area contributed by atoms with Gasteiger partial charge in [0.1, 0.15) is 5.75 Å². The number of ether oxygens (including phenoxy) is 3. The predicted molar refractivity (Wildman–Crippen MR) is 74.1 cm³/mol. The van der Waals surface area contributed by atoms with Gasteiger partial charge in [0, 0.05) is 20.3 Å². The van der Waals surface area contributed by atoms with Gasteiger partial charge in [-0.1, -0.05) is 12.1 Å². The van der Waals surface area contributed by atoms with Gasteiger partial charge in [-0.3, -0.25) is 9.59 Å². The number of hydrogen-bond donors (Lipinski definition) is 2. The molecule has 116 valence electrons. The summed E-state index contributed by atoms with van der Waals surface area (Å²) in [7, 11) is 2.80. The van der Waals surface area contributed by atoms with Crippen LogP contribution in [0.3, 0.4) is 0 Å². The molecule has 1 heterocycles. The maximum Gasteiger partial charge on any atom is 0.259 e. The molecule has 1 aromatic carbocycles. The fourth-order valence-electron chi connectivity index (χ4n) is 2.61. The Kier molecular flexibility index (Phi) is 3.48. The van der Waals surface area contributed by atoms with Gasteiger partial charge in [0.25, 0.3) is 5.91 Å². The van der Waals surface area contributed by atoms with Crippen molar-refractivity contribution in [1.82, 2.24) is 5.32 Å². The molecule has 1 saturated heterocycles. The van der Waals surface area contributed by atoms with E-state index in [1.54, 1.807) is 12.1 Å². The van der Waals surface area contributed by atoms with Gasteiger partial charge < -0.3 is 24.6 Å². The van der Waals surface area contributed by atoms with Crippen molar-refractivity contribution in [3.8, 4) is 5.75 Å². The fourth-order valence-corrected chi connectivity index (χ4v) is 2.61. The van der Waals surface area contributed by atoms with Gasteiger partial charge in [-0.2, -0.15) is 0 Å². The zero-order chi connectivity index (χ0) is 15.9. The van der Waals surface area contributed by atoms with Gasteiger partial charge in [0.05, 0.1) is 11.3 Å². The van der Waals surface area contributed by atoms with Crippen LogP contribution in [0.2, 0.25) is 0 Å². The van der Waals surface area contributed by atoms with Crippen LogP contribution in [0, 0.1) is 0 Å². The highest BCUT2D eigenvalue weighted by atomic mass is 16.7. The van der Waals surface area contributed by atoms with Crippen LogP contribution in [0.1, 0.15) is 10.4 Å². The molecule has 7 heteroatoms. The van der Waals surface area contributed by atoms with E-state index in [1.165, 1.54) is 32.4 Å². The first-order chi connectivity index (χ1) is 10.5. The van der Waals surface area contributed by atoms with E-state index in [4.69, 9.17) is 14.2 Å². The number of rotatable bonds is 4. The number of benzene rings is 1. The van der Waals surface area contributed by atoms with E-state index >= 15 is 0 Å². The largest absolute Gasteiger partial charge is 0.507 e. The summed E-state index contributed by atoms with van der Waals surface area (Å²) < 4.78 is 16.0. The number of epoxide rings is 1. The highest BCUT2D eigenvalue weighted by molar-refractivity contribution is 6.02. The Labute approximate surface area is 126 Å². The van der Waals surface area contributed by atoms with E-state index in [0.717, 1.165) is 0 Å². The van der Waals surface area contributed by atoms with Crippen molar-refractivity contribution in [2.45, 2.75) is 18.0 Å². The Bertz CT molecular complexity index is 664. The molecule has 1 aliphatic heterocycles. The quantitative estimate of drug-likeness (QED) is 0.615. The number of amides is 1. The molecule has 2 aliphatic rings. The predicted octanol–water partition coefficient (Wildman–Crippen LogP) is 0.345. The summed E-state index contributed by atoms with van der Waals surface area (Å²) in [5.74, 6) is -2.35. The van der Waals surface area contributed by atoms with Crippen LogP contribution in [0.4, 0.5) is 0 Å². The second kappa shape index (κ2) is 5.20. The zero-order valence-corrected chi connectivity index (χ0v) is 12.0. The smallest absolute Gasteiger partial charge is 0.259 e. The maximum absolute atomic E-state index is 12.3. The second-order valence-corrected chi connectivity index (χ2v) is 4.98. The number of aromatic hydroxyl groups is 1. The summed E-state index contributed by atoms with van der Waals surface area (Å²) in [6.07, 6.45) is 0.0318. The number of methoxy groups -OCH3 is 2. The number of carbonyl (C=O) groups excluding carboxylic acids is 2. The molecule has 0 saturated carbocycles. The van der Waals surface area contributed by atoms with Crippen molar-refractivity contribution in [3.63, 3.8) is 0 Å². The molecule has 1 aromatic rings. The topological polar surface area (TPSA) is 97.4 Å². The van der Waals surface area contributed by atoms with Gasteiger partial charge in [0.15, 0.2) is 18.0 Å². The van der Waals surface area contributed by atoms with E-state index in [1.807, 2.05) is 0 Å². The van der Waals surface area contributed by atoms with Crippen LogP contribution in [0.25, 0.3) is 0 Å². The monoisotopic (exact) mass is 305 g/mol. The summed E-state index contributed by atoms with van der Waals surface area (Å²) >= 11 is 0. The molecule has 0 aromatic heterocycles. The van der Waals surface area contributed by atoms with E-state index in [-0.39, 0.29) is 22.8 Å². The molecule has 1 amide bonds. The van der Waals surface area contributed by atoms with Gasteiger partial charge in [0.2, 0.25) is 5.79 Å². The van der Waals surface area contributed by atoms with Gasteiger partial charge in [-0.15, -0.1) is 0 Å². The van der Waals surface area contributed by atoms with Crippen molar-refractivity contribution in [1.29, 1.82) is 0 Å². The van der Waals surface area contributed by atoms with E-state index in [0.29, 0.717) is 0 Å². The lowest BCUT2D eigenvalue weighted by Gasteiger charge is -2.33. The molecule has 3 rings (SSSR count). The maximum atomic E-state index is 12.3. The second-order valence-electron chi connectivity index (χ2n) is 4.98. The molecule has 0 spiro atoms. The van der Waals surface area contributed by atoms with Crippen LogP contribution in [-0.4, -0.2) is 49.0 Å². The van der Waals surface area contributed by atoms with Crippen molar-refractivity contribution in [2.24, 2.45) is 0 Å². The minimum Gasteiger partial charge on any atom is -0.507 e. The molecule has 0 unspecified atom stereocenters. The molecule has 2 N–H and O–H groups in total. The first-order valence-electron chi connectivity index (χ1n) is 6.64. The SMILES string of the molecule is COC1(OC)C(NC(=O)c2ccccc2O)=CC(=O)[C@H]2O[C@@H]21. The number of nitrogens with one attached hydrogen (secondary N) is 1. The fraction of sp³-hybridized carbons (Fsp3) is 0.333. The van der Waals surface area contributed by atoms with Gasteiger partial charge in [-0.25, -0.2) is 0 Å². The molecule has 1 aliphatic carbocycles. The molecule has 2 atom stereocenters. The van der Waals surface area contributed by atoms with Crippen LogP contribution < -0.4 is 5.32 Å². The lowest BCUT2D eigenvalue weighted by Crippen LogP contribution is -2.51. The minimum absolute atomic E-state index is 0.0794. The zero-order valence-electron chi connectivity index (χ0n) is 12.0. The molecule has 22 heavy (non-hydrogen) atoms. The standard InChI is InChI=1S/C15H15NO6/c1-20-15(21-2)11(7-10(18)12-13(15)22-12)16-14(19)8-5-3-4-6-9(8)17/h3-7,12-13,17H,1-2H3,(H,16,19)/t12-,13+/m1/s1. The third kappa shape index (κ3) is 2.10. The molecule has 1 fully saturated rings. The Morgan fingerprint density at radius 1 is 1.32 bits per heavy atom. The highest BCUT2D eigenvalue weighted by Crippen LogP contribution is 2.43. The summed E-state index contributed by atoms with van der Waals surface area (Å²) in [6.45, 7) is 0. The average molecular weight is 305 g/mol. The number of fused-ring (bicyclic) bond motifs is 1. The molecule has 7 nitrogen and oxygen atoms in total. The highest BCUT2D eigenvalue weighted by Gasteiger charge is 2.64. The minimum atomic E-state index is -1.35. The Morgan fingerprint density at radius 3 is 2.64 bits per heavy atom. The van der Waals surface area contributed by atoms with Crippen molar-refractivity contribution >= 4 is 11.7 Å². The molecule has 0 radical (unpaired) electrons. The van der Waals surface area contributed by atoms with E-state index in [2.05, 4.69) is 5.32 Å². The third-order valence-corrected chi connectivity index (χ3v) is 3.81. The number of para-hydroxylation sites is 1. The van der Waals surface area contributed by atoms with Gasteiger partial charge >= 0.3 is 0 Å². The average Bonchev–Trinajstić information content (AvgIpc) is 3.30. The normalized spacial score (nSPS) is 25.2. The molecular weight excluding hydrogens is 290 g/mol. The van der Waals surface area contributed by atoms with Crippen molar-refractivity contribution < 1.29 is 28.9 Å². The Balaban J connectivity index is 1.91. The number of phenolic OH excluding ortho intramolecular Hbond substituents is 1. The number of phenols is 1. The summed E-state index contributed by atoms with van der Waals surface area (Å²) in [6, 6.07) is 6.09. The number of ketones is 1. The first-order valence-corrected chi connectivity index (χ1v) is 6.64.